The van der Waals surface area contributed by atoms with E-state index in [1.165, 1.54) is 0 Å². The van der Waals surface area contributed by atoms with Crippen molar-refractivity contribution in [1.82, 2.24) is 0 Å². The van der Waals surface area contributed by atoms with E-state index < -0.39 is 9.84 Å². The van der Waals surface area contributed by atoms with E-state index in [0.717, 1.165) is 32.1 Å². The molecular weight excluding hydrogens is 348 g/mol. The summed E-state index contributed by atoms with van der Waals surface area (Å²) in [5.41, 5.74) is 6.94. The number of carbonyl (C=O) groups is 1. The minimum absolute atomic E-state index is 0. The first-order valence-corrected chi connectivity index (χ1v) is 9.94. The summed E-state index contributed by atoms with van der Waals surface area (Å²) < 4.78 is 25.1. The molecule has 1 aromatic rings. The normalized spacial score (nSPS) is 16.9. The molecule has 0 radical (unpaired) electrons. The van der Waals surface area contributed by atoms with E-state index in [9.17, 15) is 13.2 Å². The van der Waals surface area contributed by atoms with Gasteiger partial charge in [-0.2, -0.15) is 0 Å². The van der Waals surface area contributed by atoms with Gasteiger partial charge in [0.05, 0.1) is 11.0 Å². The van der Waals surface area contributed by atoms with Gasteiger partial charge in [0.15, 0.2) is 9.84 Å². The number of sulfone groups is 1. The molecule has 1 unspecified atom stereocenters. The van der Waals surface area contributed by atoms with Gasteiger partial charge in [-0.05, 0) is 37.5 Å². The van der Waals surface area contributed by atoms with Crippen LogP contribution in [0.15, 0.2) is 24.3 Å². The van der Waals surface area contributed by atoms with Crippen molar-refractivity contribution >= 4 is 33.8 Å². The second-order valence-corrected chi connectivity index (χ2v) is 8.78. The van der Waals surface area contributed by atoms with Crippen molar-refractivity contribution in [2.24, 2.45) is 5.73 Å². The molecule has 0 saturated heterocycles. The Labute approximate surface area is 150 Å². The minimum Gasteiger partial charge on any atom is -0.327 e. The van der Waals surface area contributed by atoms with Gasteiger partial charge in [-0.1, -0.05) is 31.4 Å². The Kier molecular flexibility index (Phi) is 8.19. The number of hydrogen-bond acceptors (Lipinski definition) is 4. The van der Waals surface area contributed by atoms with Gasteiger partial charge >= 0.3 is 0 Å². The van der Waals surface area contributed by atoms with E-state index in [1.54, 1.807) is 31.2 Å². The average Bonchev–Trinajstić information content (AvgIpc) is 2.47. The summed E-state index contributed by atoms with van der Waals surface area (Å²) in [7, 11) is -3.13. The second-order valence-electron chi connectivity index (χ2n) is 6.50. The van der Waals surface area contributed by atoms with Gasteiger partial charge in [0.25, 0.3) is 0 Å². The highest BCUT2D eigenvalue weighted by Gasteiger charge is 2.27. The van der Waals surface area contributed by atoms with Gasteiger partial charge in [0.1, 0.15) is 0 Å². The molecule has 0 aliphatic heterocycles. The van der Waals surface area contributed by atoms with E-state index in [-0.39, 0.29) is 41.8 Å². The summed E-state index contributed by atoms with van der Waals surface area (Å²) in [6.45, 7) is 1.77. The maximum absolute atomic E-state index is 12.5. The van der Waals surface area contributed by atoms with Crippen LogP contribution in [0.25, 0.3) is 0 Å². The van der Waals surface area contributed by atoms with Crippen molar-refractivity contribution in [2.75, 3.05) is 5.32 Å². The third-order valence-corrected chi connectivity index (χ3v) is 6.37. The van der Waals surface area contributed by atoms with Crippen molar-refractivity contribution in [3.05, 3.63) is 29.8 Å². The highest BCUT2D eigenvalue weighted by atomic mass is 35.5. The summed E-state index contributed by atoms with van der Waals surface area (Å²) in [5, 5.41) is 2.55. The molecule has 0 bridgehead atoms. The van der Waals surface area contributed by atoms with E-state index in [2.05, 4.69) is 5.32 Å². The predicted molar refractivity (Wildman–Crippen MR) is 100 cm³/mol. The summed E-state index contributed by atoms with van der Waals surface area (Å²) in [5.74, 6) is -0.124. The number of carbonyl (C=O) groups excluding carboxylic acids is 1. The molecule has 7 heteroatoms. The highest BCUT2D eigenvalue weighted by molar-refractivity contribution is 7.91. The maximum Gasteiger partial charge on any atom is 0.225 e. The number of nitrogens with two attached hydrogens (primary N) is 1. The molecule has 0 spiro atoms. The van der Waals surface area contributed by atoms with Crippen LogP contribution in [-0.4, -0.2) is 25.6 Å². The van der Waals surface area contributed by atoms with E-state index in [4.69, 9.17) is 5.73 Å². The van der Waals surface area contributed by atoms with E-state index in [1.807, 2.05) is 0 Å². The number of benzene rings is 1. The zero-order chi connectivity index (χ0) is 16.9. The number of rotatable bonds is 6. The number of hydrogen-bond donors (Lipinski definition) is 2. The van der Waals surface area contributed by atoms with E-state index >= 15 is 0 Å². The first-order valence-electron chi connectivity index (χ1n) is 8.23. The fourth-order valence-electron chi connectivity index (χ4n) is 3.02. The lowest BCUT2D eigenvalue weighted by Gasteiger charge is -2.21. The molecule has 1 aromatic carbocycles. The minimum atomic E-state index is -3.13. The molecule has 5 nitrogen and oxygen atoms in total. The summed E-state index contributed by atoms with van der Waals surface area (Å²) in [4.78, 5) is 11.8. The van der Waals surface area contributed by atoms with Crippen LogP contribution in [-0.2, 0) is 20.4 Å². The Balaban J connectivity index is 0.00000288. The molecule has 136 valence electrons. The van der Waals surface area contributed by atoms with Gasteiger partial charge in [-0.15, -0.1) is 12.4 Å². The third kappa shape index (κ3) is 6.42. The van der Waals surface area contributed by atoms with Crippen molar-refractivity contribution < 1.29 is 13.2 Å². The maximum atomic E-state index is 12.5. The Morgan fingerprint density at radius 2 is 1.96 bits per heavy atom. The van der Waals surface area contributed by atoms with Gasteiger partial charge in [-0.3, -0.25) is 4.79 Å². The molecule has 1 saturated carbocycles. The van der Waals surface area contributed by atoms with Crippen LogP contribution >= 0.6 is 12.4 Å². The zero-order valence-electron chi connectivity index (χ0n) is 14.0. The molecule has 0 aromatic heterocycles. The average molecular weight is 375 g/mol. The zero-order valence-corrected chi connectivity index (χ0v) is 15.7. The van der Waals surface area contributed by atoms with Crippen LogP contribution < -0.4 is 11.1 Å². The van der Waals surface area contributed by atoms with Crippen LogP contribution in [0.5, 0.6) is 0 Å². The van der Waals surface area contributed by atoms with Crippen LogP contribution in [0.3, 0.4) is 0 Å². The van der Waals surface area contributed by atoms with Gasteiger partial charge in [-0.25, -0.2) is 8.42 Å². The quantitative estimate of drug-likeness (QED) is 0.800. The first kappa shape index (κ1) is 20.9. The number of amides is 1. The Hall–Kier alpha value is -1.11. The molecule has 3 N–H and O–H groups in total. The summed E-state index contributed by atoms with van der Waals surface area (Å²) in [6, 6.07) is 6.86. The van der Waals surface area contributed by atoms with Crippen molar-refractivity contribution in [2.45, 2.75) is 62.5 Å². The molecule has 1 aliphatic carbocycles. The Morgan fingerprint density at radius 3 is 2.58 bits per heavy atom. The lowest BCUT2D eigenvalue weighted by molar-refractivity contribution is -0.116. The topological polar surface area (TPSA) is 89.3 Å². The number of anilines is 1. The molecule has 0 heterocycles. The summed E-state index contributed by atoms with van der Waals surface area (Å²) >= 11 is 0. The molecular formula is C17H27ClN2O3S. The molecule has 1 amide bonds. The van der Waals surface area contributed by atoms with Crippen LogP contribution in [0.1, 0.15) is 51.0 Å². The van der Waals surface area contributed by atoms with Crippen molar-refractivity contribution in [3.8, 4) is 0 Å². The van der Waals surface area contributed by atoms with Crippen LogP contribution in [0, 0.1) is 0 Å². The fraction of sp³-hybridized carbons (Fsp3) is 0.588. The van der Waals surface area contributed by atoms with Crippen molar-refractivity contribution in [3.63, 3.8) is 0 Å². The molecule has 2 rings (SSSR count). The molecule has 1 aliphatic rings. The highest BCUT2D eigenvalue weighted by Crippen LogP contribution is 2.26. The van der Waals surface area contributed by atoms with Gasteiger partial charge in [0.2, 0.25) is 5.91 Å². The summed E-state index contributed by atoms with van der Waals surface area (Å²) in [6.07, 6.45) is 4.91. The Bertz CT molecular complexity index is 641. The molecule has 1 fully saturated rings. The largest absolute Gasteiger partial charge is 0.327 e. The number of halogens is 1. The first-order chi connectivity index (χ1) is 10.9. The van der Waals surface area contributed by atoms with Crippen molar-refractivity contribution in [1.29, 1.82) is 0 Å². The van der Waals surface area contributed by atoms with Crippen LogP contribution in [0.4, 0.5) is 5.69 Å². The lowest BCUT2D eigenvalue weighted by Crippen LogP contribution is -2.25. The van der Waals surface area contributed by atoms with Gasteiger partial charge < -0.3 is 11.1 Å². The van der Waals surface area contributed by atoms with Gasteiger partial charge in [0, 0.05) is 18.2 Å². The smallest absolute Gasteiger partial charge is 0.225 e. The standard InChI is InChI=1S/C17H26N2O3S.ClH/c1-13(18)10-17(20)19-15-7-5-6-14(11-15)12-23(21,22)16-8-3-2-4-9-16;/h5-7,11,13,16H,2-4,8-10,12,18H2,1H3,(H,19,20);1H. The fourth-order valence-corrected chi connectivity index (χ4v) is 4.95. The monoisotopic (exact) mass is 374 g/mol. The third-order valence-electron chi connectivity index (χ3n) is 4.15. The van der Waals surface area contributed by atoms with E-state index in [0.29, 0.717) is 11.3 Å². The molecule has 24 heavy (non-hydrogen) atoms. The Morgan fingerprint density at radius 1 is 1.29 bits per heavy atom. The lowest BCUT2D eigenvalue weighted by atomic mass is 10.0. The molecule has 1 atom stereocenters. The van der Waals surface area contributed by atoms with Crippen LogP contribution in [0.2, 0.25) is 0 Å². The SMILES string of the molecule is CC(N)CC(=O)Nc1cccc(CS(=O)(=O)C2CCCCC2)c1.Cl. The number of nitrogens with one attached hydrogen (secondary N) is 1. The second kappa shape index (κ2) is 9.39. The predicted octanol–water partition coefficient (Wildman–Crippen LogP) is 3.03.